The van der Waals surface area contributed by atoms with Gasteiger partial charge in [-0.2, -0.15) is 13.2 Å². The summed E-state index contributed by atoms with van der Waals surface area (Å²) in [6.45, 7) is 6.52. The van der Waals surface area contributed by atoms with Gasteiger partial charge in [-0.25, -0.2) is 9.69 Å². The maximum atomic E-state index is 13.7. The summed E-state index contributed by atoms with van der Waals surface area (Å²) >= 11 is 0. The molecule has 4 nitrogen and oxygen atoms in total. The van der Waals surface area contributed by atoms with Crippen molar-refractivity contribution in [2.24, 2.45) is 0 Å². The highest BCUT2D eigenvalue weighted by molar-refractivity contribution is 6.21. The molecule has 0 radical (unpaired) electrons. The summed E-state index contributed by atoms with van der Waals surface area (Å²) in [5.74, 6) is -1.76. The van der Waals surface area contributed by atoms with Gasteiger partial charge in [-0.3, -0.25) is 4.79 Å². The predicted octanol–water partition coefficient (Wildman–Crippen LogP) is 5.43. The largest absolute Gasteiger partial charge is 0.443 e. The minimum atomic E-state index is -4.73. The smallest absolute Gasteiger partial charge is 0.421 e. The lowest BCUT2D eigenvalue weighted by atomic mass is 9.89. The molecule has 3 rings (SSSR count). The molecule has 1 heterocycles. The number of halogens is 3. The molecule has 2 aromatic carbocycles. The minimum Gasteiger partial charge on any atom is -0.443 e. The number of ether oxygens (including phenoxy) is 1. The summed E-state index contributed by atoms with van der Waals surface area (Å²) in [4.78, 5) is 26.4. The molecule has 148 valence electrons. The molecule has 1 atom stereocenters. The second-order valence-electron chi connectivity index (χ2n) is 7.68. The van der Waals surface area contributed by atoms with E-state index < -0.39 is 40.9 Å². The van der Waals surface area contributed by atoms with Crippen LogP contribution in [0.1, 0.15) is 48.9 Å². The first-order valence-electron chi connectivity index (χ1n) is 8.74. The Labute approximate surface area is 160 Å². The van der Waals surface area contributed by atoms with Crippen LogP contribution in [-0.4, -0.2) is 17.6 Å². The molecule has 1 aliphatic heterocycles. The molecular formula is C21H20F3NO3. The highest BCUT2D eigenvalue weighted by Gasteiger charge is 2.49. The van der Waals surface area contributed by atoms with Gasteiger partial charge in [0, 0.05) is 0 Å². The van der Waals surface area contributed by atoms with Gasteiger partial charge in [0.2, 0.25) is 5.91 Å². The first-order valence-corrected chi connectivity index (χ1v) is 8.74. The molecule has 0 saturated carbocycles. The van der Waals surface area contributed by atoms with Crippen molar-refractivity contribution in [1.82, 2.24) is 0 Å². The summed E-state index contributed by atoms with van der Waals surface area (Å²) in [5.41, 5.74) is -1.02. The maximum absolute atomic E-state index is 13.7. The number of carbonyl (C=O) groups excluding carboxylic acids is 2. The van der Waals surface area contributed by atoms with E-state index in [-0.39, 0.29) is 5.56 Å². The van der Waals surface area contributed by atoms with Gasteiger partial charge in [0.1, 0.15) is 5.60 Å². The van der Waals surface area contributed by atoms with E-state index in [1.54, 1.807) is 52.0 Å². The van der Waals surface area contributed by atoms with Crippen LogP contribution < -0.4 is 4.90 Å². The van der Waals surface area contributed by atoms with Gasteiger partial charge in [0.05, 0.1) is 17.2 Å². The quantitative estimate of drug-likeness (QED) is 0.651. The van der Waals surface area contributed by atoms with Crippen molar-refractivity contribution in [2.45, 2.75) is 45.4 Å². The van der Waals surface area contributed by atoms with Crippen molar-refractivity contribution >= 4 is 17.7 Å². The third-order valence-electron chi connectivity index (χ3n) is 4.45. The molecule has 1 unspecified atom stereocenters. The Hall–Kier alpha value is -2.83. The Morgan fingerprint density at radius 2 is 1.61 bits per heavy atom. The first kappa shape index (κ1) is 19.9. The van der Waals surface area contributed by atoms with E-state index in [4.69, 9.17) is 4.74 Å². The third kappa shape index (κ3) is 3.48. The number of amides is 2. The van der Waals surface area contributed by atoms with Crippen LogP contribution in [0.15, 0.2) is 42.5 Å². The lowest BCUT2D eigenvalue weighted by Gasteiger charge is -2.25. The lowest BCUT2D eigenvalue weighted by Crippen LogP contribution is -2.40. The van der Waals surface area contributed by atoms with E-state index in [1.165, 1.54) is 12.1 Å². The average Bonchev–Trinajstić information content (AvgIpc) is 2.84. The number of benzene rings is 2. The van der Waals surface area contributed by atoms with Crippen molar-refractivity contribution in [2.75, 3.05) is 4.90 Å². The summed E-state index contributed by atoms with van der Waals surface area (Å²) in [7, 11) is 0. The molecule has 2 amide bonds. The molecule has 2 aromatic rings. The van der Waals surface area contributed by atoms with E-state index in [1.807, 2.05) is 0 Å². The lowest BCUT2D eigenvalue weighted by molar-refractivity contribution is -0.137. The summed E-state index contributed by atoms with van der Waals surface area (Å²) in [6, 6.07) is 10.5. The zero-order chi connectivity index (χ0) is 20.9. The normalized spacial score (nSPS) is 16.9. The van der Waals surface area contributed by atoms with E-state index in [0.717, 1.165) is 11.6 Å². The number of aryl methyl sites for hydroxylation is 1. The number of imide groups is 1. The Morgan fingerprint density at radius 3 is 2.18 bits per heavy atom. The van der Waals surface area contributed by atoms with Crippen LogP contribution in [0.5, 0.6) is 0 Å². The number of rotatable bonds is 1. The molecule has 0 bridgehead atoms. The van der Waals surface area contributed by atoms with E-state index in [2.05, 4.69) is 0 Å². The average molecular weight is 391 g/mol. The molecule has 0 fully saturated rings. The monoisotopic (exact) mass is 391 g/mol. The number of fused-ring (bicyclic) bond motifs is 1. The standard InChI is InChI=1S/C21H20F3NO3/c1-12-8-5-6-9-13(12)16-14-10-7-11-15(21(22,23)24)17(14)25(18(16)26)19(27)28-20(2,3)4/h5-11,16H,1-4H3. The molecule has 0 aromatic heterocycles. The van der Waals surface area contributed by atoms with Crippen molar-refractivity contribution in [3.63, 3.8) is 0 Å². The first-order chi connectivity index (χ1) is 12.9. The Bertz CT molecular complexity index is 945. The number of para-hydroxylation sites is 1. The molecule has 7 heteroatoms. The zero-order valence-electron chi connectivity index (χ0n) is 15.9. The summed E-state index contributed by atoms with van der Waals surface area (Å²) < 4.78 is 46.2. The second-order valence-corrected chi connectivity index (χ2v) is 7.68. The molecule has 0 aliphatic carbocycles. The molecule has 28 heavy (non-hydrogen) atoms. The zero-order valence-corrected chi connectivity index (χ0v) is 15.9. The van der Waals surface area contributed by atoms with Gasteiger partial charge in [0.15, 0.2) is 0 Å². The number of hydrogen-bond donors (Lipinski definition) is 0. The van der Waals surface area contributed by atoms with E-state index in [0.29, 0.717) is 10.5 Å². The van der Waals surface area contributed by atoms with Gasteiger partial charge in [-0.15, -0.1) is 0 Å². The Morgan fingerprint density at radius 1 is 1.00 bits per heavy atom. The van der Waals surface area contributed by atoms with Crippen molar-refractivity contribution < 1.29 is 27.5 Å². The topological polar surface area (TPSA) is 46.6 Å². The second kappa shape index (κ2) is 6.65. The van der Waals surface area contributed by atoms with Crippen LogP contribution in [0, 0.1) is 6.92 Å². The van der Waals surface area contributed by atoms with Gasteiger partial charge >= 0.3 is 12.3 Å². The molecule has 0 saturated heterocycles. The fourth-order valence-corrected chi connectivity index (χ4v) is 3.35. The molecule has 0 N–H and O–H groups in total. The van der Waals surface area contributed by atoms with Gasteiger partial charge < -0.3 is 4.74 Å². The maximum Gasteiger partial charge on any atom is 0.421 e. The highest BCUT2D eigenvalue weighted by Crippen LogP contribution is 2.48. The van der Waals surface area contributed by atoms with E-state index >= 15 is 0 Å². The van der Waals surface area contributed by atoms with E-state index in [9.17, 15) is 22.8 Å². The van der Waals surface area contributed by atoms with Crippen molar-refractivity contribution in [1.29, 1.82) is 0 Å². The van der Waals surface area contributed by atoms with Gasteiger partial charge in [-0.1, -0.05) is 36.4 Å². The number of nitrogens with zero attached hydrogens (tertiary/aromatic N) is 1. The van der Waals surface area contributed by atoms with Crippen LogP contribution in [0.3, 0.4) is 0 Å². The number of alkyl halides is 3. The number of carbonyl (C=O) groups is 2. The summed E-state index contributed by atoms with van der Waals surface area (Å²) in [5, 5.41) is 0. The van der Waals surface area contributed by atoms with Crippen molar-refractivity contribution in [3.05, 3.63) is 64.7 Å². The van der Waals surface area contributed by atoms with Crippen LogP contribution in [0.4, 0.5) is 23.7 Å². The third-order valence-corrected chi connectivity index (χ3v) is 4.45. The Balaban J connectivity index is 2.24. The number of hydrogen-bond acceptors (Lipinski definition) is 3. The Kier molecular flexibility index (Phi) is 4.73. The predicted molar refractivity (Wildman–Crippen MR) is 98.2 cm³/mol. The molecule has 0 spiro atoms. The van der Waals surface area contributed by atoms with Gasteiger partial charge in [-0.05, 0) is 50.5 Å². The fourth-order valence-electron chi connectivity index (χ4n) is 3.35. The number of anilines is 1. The van der Waals surface area contributed by atoms with Crippen LogP contribution in [-0.2, 0) is 15.7 Å². The summed E-state index contributed by atoms with van der Waals surface area (Å²) in [6.07, 6.45) is -5.85. The minimum absolute atomic E-state index is 0.139. The van der Waals surface area contributed by atoms with Crippen LogP contribution in [0.2, 0.25) is 0 Å². The molecular weight excluding hydrogens is 371 g/mol. The van der Waals surface area contributed by atoms with Gasteiger partial charge in [0.25, 0.3) is 0 Å². The fraction of sp³-hybridized carbons (Fsp3) is 0.333. The van der Waals surface area contributed by atoms with Crippen LogP contribution >= 0.6 is 0 Å². The molecule has 1 aliphatic rings. The SMILES string of the molecule is Cc1ccccc1C1C(=O)N(C(=O)OC(C)(C)C)c2c1cccc2C(F)(F)F. The van der Waals surface area contributed by atoms with Crippen molar-refractivity contribution in [3.8, 4) is 0 Å². The highest BCUT2D eigenvalue weighted by atomic mass is 19.4. The van der Waals surface area contributed by atoms with Crippen LogP contribution in [0.25, 0.3) is 0 Å².